The largest absolute Gasteiger partial charge is 0.259 e. The molecule has 0 spiro atoms. The molecule has 0 aliphatic carbocycles. The molecule has 21 heavy (non-hydrogen) atoms. The molecule has 2 rings (SSSR count). The lowest BCUT2D eigenvalue weighted by Gasteiger charge is -2.18. The molecule has 1 aromatic carbocycles. The van der Waals surface area contributed by atoms with Crippen molar-refractivity contribution in [3.05, 3.63) is 35.2 Å². The molecule has 6 heteroatoms. The van der Waals surface area contributed by atoms with Gasteiger partial charge in [0.1, 0.15) is 0 Å². The third-order valence-corrected chi connectivity index (χ3v) is 5.33. The predicted molar refractivity (Wildman–Crippen MR) is 89.3 cm³/mol. The van der Waals surface area contributed by atoms with Crippen molar-refractivity contribution in [2.45, 2.75) is 33.1 Å². The first kappa shape index (κ1) is 16.0. The Morgan fingerprint density at radius 3 is 2.33 bits per heavy atom. The molecule has 0 saturated carbocycles. The van der Waals surface area contributed by atoms with Crippen molar-refractivity contribution < 1.29 is 8.42 Å². The molecule has 4 nitrogen and oxygen atoms in total. The summed E-state index contributed by atoms with van der Waals surface area (Å²) in [5.41, 5.74) is 3.14. The van der Waals surface area contributed by atoms with E-state index in [1.165, 1.54) is 16.9 Å². The maximum Gasteiger partial charge on any atom is 0.234 e. The van der Waals surface area contributed by atoms with Crippen LogP contribution in [0.5, 0.6) is 0 Å². The van der Waals surface area contributed by atoms with E-state index in [-0.39, 0.29) is 11.2 Å². The molecule has 0 bridgehead atoms. The van der Waals surface area contributed by atoms with Crippen LogP contribution in [0.15, 0.2) is 29.6 Å². The lowest BCUT2D eigenvalue weighted by Crippen LogP contribution is -2.14. The summed E-state index contributed by atoms with van der Waals surface area (Å²) >= 11 is 1.29. The molecule has 1 N–H and O–H groups in total. The van der Waals surface area contributed by atoms with Crippen LogP contribution >= 0.6 is 11.3 Å². The summed E-state index contributed by atoms with van der Waals surface area (Å²) in [6, 6.07) is 8.22. The van der Waals surface area contributed by atoms with E-state index in [4.69, 9.17) is 0 Å². The second-order valence-electron chi connectivity index (χ2n) is 5.87. The van der Waals surface area contributed by atoms with Gasteiger partial charge in [-0.3, -0.25) is 4.72 Å². The standard InChI is InChI=1S/C15H20N2O2S2/c1-5-21(18,19)17-14-16-13(10-20-14)11-6-8-12(9-7-11)15(2,3)4/h6-10H,5H2,1-4H3,(H,16,17). The van der Waals surface area contributed by atoms with Crippen molar-refractivity contribution in [3.8, 4) is 11.3 Å². The highest BCUT2D eigenvalue weighted by atomic mass is 32.2. The quantitative estimate of drug-likeness (QED) is 0.929. The van der Waals surface area contributed by atoms with Crippen molar-refractivity contribution in [3.63, 3.8) is 0 Å². The average Bonchev–Trinajstić information content (AvgIpc) is 2.86. The van der Waals surface area contributed by atoms with Crippen LogP contribution in [0, 0.1) is 0 Å². The summed E-state index contributed by atoms with van der Waals surface area (Å²) < 4.78 is 25.5. The molecule has 0 atom stereocenters. The number of thiazole rings is 1. The fourth-order valence-electron chi connectivity index (χ4n) is 1.80. The highest BCUT2D eigenvalue weighted by Crippen LogP contribution is 2.28. The minimum absolute atomic E-state index is 0.0438. The van der Waals surface area contributed by atoms with Gasteiger partial charge in [0.15, 0.2) is 5.13 Å². The smallest absolute Gasteiger partial charge is 0.234 e. The molecule has 0 unspecified atom stereocenters. The molecule has 1 aromatic heterocycles. The summed E-state index contributed by atoms with van der Waals surface area (Å²) in [4.78, 5) is 4.33. The predicted octanol–water partition coefficient (Wildman–Crippen LogP) is 3.87. The van der Waals surface area contributed by atoms with Gasteiger partial charge in [-0.2, -0.15) is 0 Å². The zero-order valence-electron chi connectivity index (χ0n) is 12.7. The highest BCUT2D eigenvalue weighted by molar-refractivity contribution is 7.92. The van der Waals surface area contributed by atoms with E-state index < -0.39 is 10.0 Å². The Morgan fingerprint density at radius 2 is 1.81 bits per heavy atom. The van der Waals surface area contributed by atoms with Crippen LogP contribution in [0.3, 0.4) is 0 Å². The van der Waals surface area contributed by atoms with Crippen molar-refractivity contribution in [1.29, 1.82) is 0 Å². The topological polar surface area (TPSA) is 59.1 Å². The van der Waals surface area contributed by atoms with Gasteiger partial charge >= 0.3 is 0 Å². The summed E-state index contributed by atoms with van der Waals surface area (Å²) in [6.45, 7) is 8.11. The summed E-state index contributed by atoms with van der Waals surface area (Å²) in [7, 11) is -3.27. The fraction of sp³-hybridized carbons (Fsp3) is 0.400. The van der Waals surface area contributed by atoms with Crippen LogP contribution in [-0.4, -0.2) is 19.2 Å². The zero-order valence-corrected chi connectivity index (χ0v) is 14.3. The SMILES string of the molecule is CCS(=O)(=O)Nc1nc(-c2ccc(C(C)(C)C)cc2)cs1. The molecular formula is C15H20N2O2S2. The van der Waals surface area contributed by atoms with Gasteiger partial charge in [-0.15, -0.1) is 11.3 Å². The van der Waals surface area contributed by atoms with Crippen LogP contribution in [0.25, 0.3) is 11.3 Å². The first-order valence-electron chi connectivity index (χ1n) is 6.78. The van der Waals surface area contributed by atoms with E-state index in [1.54, 1.807) is 6.92 Å². The van der Waals surface area contributed by atoms with E-state index >= 15 is 0 Å². The third-order valence-electron chi connectivity index (χ3n) is 3.17. The third kappa shape index (κ3) is 4.04. The van der Waals surface area contributed by atoms with Crippen LogP contribution in [-0.2, 0) is 15.4 Å². The highest BCUT2D eigenvalue weighted by Gasteiger charge is 2.14. The van der Waals surface area contributed by atoms with E-state index in [0.29, 0.717) is 5.13 Å². The molecule has 2 aromatic rings. The van der Waals surface area contributed by atoms with Crippen molar-refractivity contribution in [1.82, 2.24) is 4.98 Å². The summed E-state index contributed by atoms with van der Waals surface area (Å²) in [5.74, 6) is 0.0438. The Labute approximate surface area is 130 Å². The zero-order chi connectivity index (χ0) is 15.7. The van der Waals surface area contributed by atoms with E-state index in [1.807, 2.05) is 17.5 Å². The monoisotopic (exact) mass is 324 g/mol. The Balaban J connectivity index is 2.22. The van der Waals surface area contributed by atoms with Gasteiger partial charge in [0, 0.05) is 10.9 Å². The van der Waals surface area contributed by atoms with Gasteiger partial charge in [-0.05, 0) is 17.9 Å². The van der Waals surface area contributed by atoms with Crippen molar-refractivity contribution in [2.24, 2.45) is 0 Å². The summed E-state index contributed by atoms with van der Waals surface area (Å²) in [5, 5.41) is 2.27. The van der Waals surface area contributed by atoms with Crippen molar-refractivity contribution in [2.75, 3.05) is 10.5 Å². The first-order chi connectivity index (χ1) is 9.71. The van der Waals surface area contributed by atoms with Gasteiger partial charge in [0.05, 0.1) is 11.4 Å². The van der Waals surface area contributed by atoms with Crippen LogP contribution in [0.4, 0.5) is 5.13 Å². The number of aromatic nitrogens is 1. The molecule has 0 aliphatic heterocycles. The second-order valence-corrected chi connectivity index (χ2v) is 8.74. The number of hydrogen-bond acceptors (Lipinski definition) is 4. The Bertz CT molecular complexity index is 711. The Hall–Kier alpha value is -1.40. The average molecular weight is 324 g/mol. The molecule has 0 amide bonds. The van der Waals surface area contributed by atoms with Gasteiger partial charge in [-0.25, -0.2) is 13.4 Å². The number of sulfonamides is 1. The minimum Gasteiger partial charge on any atom is -0.259 e. The first-order valence-corrected chi connectivity index (χ1v) is 9.31. The second kappa shape index (κ2) is 5.77. The number of nitrogens with zero attached hydrogens (tertiary/aromatic N) is 1. The van der Waals surface area contributed by atoms with Gasteiger partial charge < -0.3 is 0 Å². The molecule has 0 fully saturated rings. The van der Waals surface area contributed by atoms with E-state index in [0.717, 1.165) is 11.3 Å². The molecule has 0 aliphatic rings. The van der Waals surface area contributed by atoms with Crippen LogP contribution in [0.2, 0.25) is 0 Å². The van der Waals surface area contributed by atoms with E-state index in [2.05, 4.69) is 42.6 Å². The number of hydrogen-bond donors (Lipinski definition) is 1. The minimum atomic E-state index is -3.27. The lowest BCUT2D eigenvalue weighted by atomic mass is 9.86. The number of nitrogens with one attached hydrogen (secondary N) is 1. The van der Waals surface area contributed by atoms with E-state index in [9.17, 15) is 8.42 Å². The van der Waals surface area contributed by atoms with Gasteiger partial charge in [-0.1, -0.05) is 45.0 Å². The van der Waals surface area contributed by atoms with Gasteiger partial charge in [0.2, 0.25) is 10.0 Å². The molecule has 0 radical (unpaired) electrons. The summed E-state index contributed by atoms with van der Waals surface area (Å²) in [6.07, 6.45) is 0. The fourth-order valence-corrected chi connectivity index (χ4v) is 3.39. The van der Waals surface area contributed by atoms with Crippen molar-refractivity contribution >= 4 is 26.5 Å². The molecule has 114 valence electrons. The Kier molecular flexibility index (Phi) is 4.39. The molecule has 0 saturated heterocycles. The van der Waals surface area contributed by atoms with Crippen LogP contribution < -0.4 is 4.72 Å². The number of rotatable bonds is 4. The van der Waals surface area contributed by atoms with Gasteiger partial charge in [0.25, 0.3) is 0 Å². The maximum atomic E-state index is 11.5. The Morgan fingerprint density at radius 1 is 1.19 bits per heavy atom. The van der Waals surface area contributed by atoms with Crippen LogP contribution in [0.1, 0.15) is 33.3 Å². The number of anilines is 1. The lowest BCUT2D eigenvalue weighted by molar-refractivity contribution is 0.590. The normalized spacial score (nSPS) is 12.4. The molecule has 1 heterocycles. The maximum absolute atomic E-state index is 11.5. The number of benzene rings is 1. The molecular weight excluding hydrogens is 304 g/mol.